The monoisotopic (exact) mass is 345 g/mol. The molecule has 1 aliphatic rings. The largest absolute Gasteiger partial charge is 0.480 e. The molecule has 1 aromatic carbocycles. The van der Waals surface area contributed by atoms with E-state index in [9.17, 15) is 9.59 Å². The number of nitrogens with one attached hydrogen (secondary N) is 1. The van der Waals surface area contributed by atoms with Gasteiger partial charge in [-0.25, -0.2) is 0 Å². The summed E-state index contributed by atoms with van der Waals surface area (Å²) in [4.78, 5) is 23.1. The van der Waals surface area contributed by atoms with Crippen LogP contribution in [0.25, 0.3) is 0 Å². The minimum absolute atomic E-state index is 0.404. The van der Waals surface area contributed by atoms with Gasteiger partial charge in [-0.2, -0.15) is 0 Å². The van der Waals surface area contributed by atoms with E-state index < -0.39 is 17.3 Å². The molecule has 90 valence electrons. The standard InChI is InChI=1S/C12H12INO3/c13-8-3-1-4-9(7-8)14-10(15)12(11(16)17)5-2-6-12/h1,3-4,7H,2,5-6H2,(H,14,15)(H,16,17). The van der Waals surface area contributed by atoms with Gasteiger partial charge in [0.25, 0.3) is 0 Å². The van der Waals surface area contributed by atoms with Crippen molar-refractivity contribution in [2.45, 2.75) is 19.3 Å². The van der Waals surface area contributed by atoms with E-state index in [1.165, 1.54) is 0 Å². The Labute approximate surface area is 113 Å². The van der Waals surface area contributed by atoms with Gasteiger partial charge in [-0.05, 0) is 53.6 Å². The van der Waals surface area contributed by atoms with Crippen LogP contribution in [0, 0.1) is 8.99 Å². The first-order chi connectivity index (χ1) is 8.04. The molecule has 1 amide bonds. The predicted molar refractivity (Wildman–Crippen MR) is 71.7 cm³/mol. The lowest BCUT2D eigenvalue weighted by Gasteiger charge is -2.35. The lowest BCUT2D eigenvalue weighted by molar-refractivity contribution is -0.159. The van der Waals surface area contributed by atoms with Crippen molar-refractivity contribution in [1.82, 2.24) is 0 Å². The number of carbonyl (C=O) groups excluding carboxylic acids is 1. The third-order valence-corrected chi connectivity index (χ3v) is 3.80. The van der Waals surface area contributed by atoms with E-state index in [1.54, 1.807) is 6.07 Å². The van der Waals surface area contributed by atoms with E-state index in [1.807, 2.05) is 18.2 Å². The van der Waals surface area contributed by atoms with Gasteiger partial charge < -0.3 is 10.4 Å². The summed E-state index contributed by atoms with van der Waals surface area (Å²) < 4.78 is 0.999. The van der Waals surface area contributed by atoms with Crippen molar-refractivity contribution in [2.75, 3.05) is 5.32 Å². The number of carboxylic acids is 1. The number of anilines is 1. The van der Waals surface area contributed by atoms with Gasteiger partial charge in [0.2, 0.25) is 5.91 Å². The summed E-state index contributed by atoms with van der Waals surface area (Å²) in [6.45, 7) is 0. The van der Waals surface area contributed by atoms with Crippen LogP contribution in [0.1, 0.15) is 19.3 Å². The van der Waals surface area contributed by atoms with Gasteiger partial charge in [0.1, 0.15) is 5.41 Å². The van der Waals surface area contributed by atoms with E-state index in [0.29, 0.717) is 18.5 Å². The second-order valence-electron chi connectivity index (χ2n) is 4.21. The molecular weight excluding hydrogens is 333 g/mol. The van der Waals surface area contributed by atoms with E-state index in [4.69, 9.17) is 5.11 Å². The number of hydrogen-bond acceptors (Lipinski definition) is 2. The number of amides is 1. The molecule has 5 heteroatoms. The molecule has 0 spiro atoms. The molecule has 1 fully saturated rings. The first-order valence-electron chi connectivity index (χ1n) is 5.35. The number of carbonyl (C=O) groups is 2. The summed E-state index contributed by atoms with van der Waals surface area (Å²) in [7, 11) is 0. The Hall–Kier alpha value is -1.11. The first kappa shape index (κ1) is 12.3. The molecule has 1 aliphatic carbocycles. The number of rotatable bonds is 3. The Morgan fingerprint density at radius 1 is 1.35 bits per heavy atom. The van der Waals surface area contributed by atoms with Crippen LogP contribution in [0.5, 0.6) is 0 Å². The average Bonchev–Trinajstić information content (AvgIpc) is 2.14. The zero-order valence-corrected chi connectivity index (χ0v) is 11.2. The smallest absolute Gasteiger partial charge is 0.319 e. The zero-order valence-electron chi connectivity index (χ0n) is 9.07. The number of carboxylic acid groups (broad SMARTS) is 1. The molecule has 2 N–H and O–H groups in total. The first-order valence-corrected chi connectivity index (χ1v) is 6.43. The van der Waals surface area contributed by atoms with Crippen LogP contribution < -0.4 is 5.32 Å². The van der Waals surface area contributed by atoms with E-state index in [0.717, 1.165) is 9.99 Å². The minimum atomic E-state index is -1.21. The minimum Gasteiger partial charge on any atom is -0.480 e. The van der Waals surface area contributed by atoms with Crippen molar-refractivity contribution >= 4 is 40.2 Å². The van der Waals surface area contributed by atoms with Gasteiger partial charge in [-0.15, -0.1) is 0 Å². The van der Waals surface area contributed by atoms with Gasteiger partial charge in [0.15, 0.2) is 0 Å². The molecule has 0 aliphatic heterocycles. The van der Waals surface area contributed by atoms with E-state index in [-0.39, 0.29) is 0 Å². The van der Waals surface area contributed by atoms with Crippen molar-refractivity contribution in [3.05, 3.63) is 27.8 Å². The van der Waals surface area contributed by atoms with Crippen molar-refractivity contribution < 1.29 is 14.7 Å². The number of benzene rings is 1. The average molecular weight is 345 g/mol. The SMILES string of the molecule is O=C(O)C1(C(=O)Nc2cccc(I)c2)CCC1. The molecule has 0 heterocycles. The fraction of sp³-hybridized carbons (Fsp3) is 0.333. The third-order valence-electron chi connectivity index (χ3n) is 3.13. The summed E-state index contributed by atoms with van der Waals surface area (Å²) in [5, 5.41) is 11.8. The molecule has 0 aromatic heterocycles. The molecule has 17 heavy (non-hydrogen) atoms. The number of aliphatic carboxylic acids is 1. The van der Waals surface area contributed by atoms with Crippen LogP contribution in [0.4, 0.5) is 5.69 Å². The Morgan fingerprint density at radius 2 is 2.06 bits per heavy atom. The Balaban J connectivity index is 2.14. The lowest BCUT2D eigenvalue weighted by Crippen LogP contribution is -2.48. The Bertz CT molecular complexity index is 469. The molecule has 0 unspecified atom stereocenters. The van der Waals surface area contributed by atoms with Crippen LogP contribution in [0.15, 0.2) is 24.3 Å². The molecule has 1 saturated carbocycles. The topological polar surface area (TPSA) is 66.4 Å². The summed E-state index contributed by atoms with van der Waals surface area (Å²) in [5.41, 5.74) is -0.559. The molecular formula is C12H12INO3. The van der Waals surface area contributed by atoms with E-state index in [2.05, 4.69) is 27.9 Å². The Kier molecular flexibility index (Phi) is 3.37. The molecule has 1 aromatic rings. The normalized spacial score (nSPS) is 17.0. The second kappa shape index (κ2) is 4.64. The van der Waals surface area contributed by atoms with Crippen LogP contribution in [-0.2, 0) is 9.59 Å². The number of hydrogen-bond donors (Lipinski definition) is 2. The fourth-order valence-corrected chi connectivity index (χ4v) is 2.43. The number of halogens is 1. The van der Waals surface area contributed by atoms with Crippen LogP contribution in [0.2, 0.25) is 0 Å². The van der Waals surface area contributed by atoms with Crippen molar-refractivity contribution in [2.24, 2.45) is 5.41 Å². The van der Waals surface area contributed by atoms with Crippen LogP contribution in [-0.4, -0.2) is 17.0 Å². The third kappa shape index (κ3) is 2.29. The maximum absolute atomic E-state index is 12.0. The summed E-state index contributed by atoms with van der Waals surface area (Å²) in [5.74, 6) is -1.43. The predicted octanol–water partition coefficient (Wildman–Crippen LogP) is 2.48. The maximum Gasteiger partial charge on any atom is 0.319 e. The van der Waals surface area contributed by atoms with Crippen LogP contribution >= 0.6 is 22.6 Å². The molecule has 0 bridgehead atoms. The maximum atomic E-state index is 12.0. The Morgan fingerprint density at radius 3 is 2.53 bits per heavy atom. The molecule has 0 saturated heterocycles. The molecule has 4 nitrogen and oxygen atoms in total. The van der Waals surface area contributed by atoms with Gasteiger partial charge in [-0.3, -0.25) is 9.59 Å². The quantitative estimate of drug-likeness (QED) is 0.653. The molecule has 0 atom stereocenters. The zero-order chi connectivity index (χ0) is 12.5. The highest BCUT2D eigenvalue weighted by molar-refractivity contribution is 14.1. The van der Waals surface area contributed by atoms with E-state index >= 15 is 0 Å². The second-order valence-corrected chi connectivity index (χ2v) is 5.45. The van der Waals surface area contributed by atoms with Gasteiger partial charge in [0.05, 0.1) is 0 Å². The molecule has 0 radical (unpaired) electrons. The summed E-state index contributed by atoms with van der Waals surface area (Å²) in [6.07, 6.45) is 1.65. The fourth-order valence-electron chi connectivity index (χ4n) is 1.89. The summed E-state index contributed by atoms with van der Waals surface area (Å²) in [6, 6.07) is 7.30. The van der Waals surface area contributed by atoms with Crippen molar-refractivity contribution in [3.8, 4) is 0 Å². The lowest BCUT2D eigenvalue weighted by atomic mass is 9.68. The van der Waals surface area contributed by atoms with Crippen molar-refractivity contribution in [1.29, 1.82) is 0 Å². The van der Waals surface area contributed by atoms with Gasteiger partial charge in [0, 0.05) is 9.26 Å². The van der Waals surface area contributed by atoms with Crippen LogP contribution in [0.3, 0.4) is 0 Å². The highest BCUT2D eigenvalue weighted by Crippen LogP contribution is 2.42. The highest BCUT2D eigenvalue weighted by atomic mass is 127. The van der Waals surface area contributed by atoms with Gasteiger partial charge >= 0.3 is 5.97 Å². The van der Waals surface area contributed by atoms with Crippen molar-refractivity contribution in [3.63, 3.8) is 0 Å². The highest BCUT2D eigenvalue weighted by Gasteiger charge is 2.51. The van der Waals surface area contributed by atoms with Gasteiger partial charge in [-0.1, -0.05) is 12.5 Å². The summed E-state index contributed by atoms with van der Waals surface area (Å²) >= 11 is 2.14. The molecule has 2 rings (SSSR count).